The summed E-state index contributed by atoms with van der Waals surface area (Å²) in [5.74, 6) is -0.376. The Morgan fingerprint density at radius 2 is 1.71 bits per heavy atom. The average molecular weight is 435 g/mol. The zero-order valence-electron chi connectivity index (χ0n) is 15.4. The number of nitrogens with one attached hydrogen (secondary N) is 1. The quantitative estimate of drug-likeness (QED) is 0.632. The van der Waals surface area contributed by atoms with Crippen molar-refractivity contribution >= 4 is 39.1 Å². The van der Waals surface area contributed by atoms with E-state index < -0.39 is 6.04 Å². The molecule has 0 aromatic heterocycles. The summed E-state index contributed by atoms with van der Waals surface area (Å²) in [5.41, 5.74) is 4.14. The Labute approximate surface area is 172 Å². The smallest absolute Gasteiger partial charge is 0.259 e. The summed E-state index contributed by atoms with van der Waals surface area (Å²) in [4.78, 5) is 28.0. The second-order valence-electron chi connectivity index (χ2n) is 6.86. The van der Waals surface area contributed by atoms with Gasteiger partial charge in [0.1, 0.15) is 6.04 Å². The van der Waals surface area contributed by atoms with Crippen LogP contribution in [0.25, 0.3) is 0 Å². The van der Waals surface area contributed by atoms with E-state index in [1.165, 1.54) is 0 Å². The van der Waals surface area contributed by atoms with Crippen molar-refractivity contribution in [3.05, 3.63) is 94.0 Å². The van der Waals surface area contributed by atoms with Crippen LogP contribution < -0.4 is 10.2 Å². The van der Waals surface area contributed by atoms with Gasteiger partial charge in [-0.3, -0.25) is 14.5 Å². The summed E-state index contributed by atoms with van der Waals surface area (Å²) in [5, 5.41) is 2.97. The van der Waals surface area contributed by atoms with Crippen molar-refractivity contribution < 1.29 is 9.59 Å². The maximum Gasteiger partial charge on any atom is 0.259 e. The zero-order valence-corrected chi connectivity index (χ0v) is 16.9. The van der Waals surface area contributed by atoms with Gasteiger partial charge >= 0.3 is 0 Å². The van der Waals surface area contributed by atoms with Crippen molar-refractivity contribution in [3.63, 3.8) is 0 Å². The molecule has 1 heterocycles. The number of rotatable bonds is 3. The maximum absolute atomic E-state index is 13.2. The van der Waals surface area contributed by atoms with E-state index in [9.17, 15) is 9.59 Å². The summed E-state index contributed by atoms with van der Waals surface area (Å²) >= 11 is 3.50. The number of hydrogen-bond donors (Lipinski definition) is 1. The van der Waals surface area contributed by atoms with Gasteiger partial charge in [0, 0.05) is 22.1 Å². The Morgan fingerprint density at radius 1 is 1.00 bits per heavy atom. The van der Waals surface area contributed by atoms with Gasteiger partial charge in [0.2, 0.25) is 5.91 Å². The molecule has 3 aromatic rings. The average Bonchev–Trinajstić information content (AvgIpc) is 3.10. The van der Waals surface area contributed by atoms with Crippen LogP contribution in [0, 0.1) is 6.92 Å². The Balaban J connectivity index is 1.67. The number of nitrogens with zero attached hydrogens (tertiary/aromatic N) is 1. The summed E-state index contributed by atoms with van der Waals surface area (Å²) in [6, 6.07) is 21.9. The minimum Gasteiger partial charge on any atom is -0.323 e. The molecule has 0 bridgehead atoms. The highest BCUT2D eigenvalue weighted by Crippen LogP contribution is 2.34. The van der Waals surface area contributed by atoms with Gasteiger partial charge in [-0.25, -0.2) is 0 Å². The minimum atomic E-state index is -0.599. The van der Waals surface area contributed by atoms with E-state index in [1.807, 2.05) is 67.6 Å². The fraction of sp³-hybridized carbons (Fsp3) is 0.130. The third-order valence-corrected chi connectivity index (χ3v) is 5.56. The van der Waals surface area contributed by atoms with Gasteiger partial charge < -0.3 is 5.32 Å². The number of carbonyl (C=O) groups is 2. The SMILES string of the molecule is Cc1ccc(NC(=O)[C@H]2Cc3ccccc3N2C(=O)c2ccccc2)c(Br)c1. The molecule has 1 N–H and O–H groups in total. The topological polar surface area (TPSA) is 49.4 Å². The third kappa shape index (κ3) is 3.45. The number of halogens is 1. The molecular weight excluding hydrogens is 416 g/mol. The van der Waals surface area contributed by atoms with Crippen LogP contribution in [0.5, 0.6) is 0 Å². The number of carbonyl (C=O) groups excluding carboxylic acids is 2. The Kier molecular flexibility index (Phi) is 5.01. The van der Waals surface area contributed by atoms with Gasteiger partial charge in [0.05, 0.1) is 5.69 Å². The van der Waals surface area contributed by atoms with Gasteiger partial charge in [-0.1, -0.05) is 42.5 Å². The van der Waals surface area contributed by atoms with Crippen LogP contribution in [-0.2, 0) is 11.2 Å². The Hall–Kier alpha value is -2.92. The van der Waals surface area contributed by atoms with Crippen LogP contribution in [0.3, 0.4) is 0 Å². The molecule has 0 fully saturated rings. The van der Waals surface area contributed by atoms with Crippen LogP contribution in [-0.4, -0.2) is 17.9 Å². The fourth-order valence-corrected chi connectivity index (χ4v) is 4.10. The number of anilines is 2. The Morgan fingerprint density at radius 3 is 2.46 bits per heavy atom. The second-order valence-corrected chi connectivity index (χ2v) is 7.72. The first-order valence-corrected chi connectivity index (χ1v) is 9.87. The molecule has 0 saturated heterocycles. The first-order valence-electron chi connectivity index (χ1n) is 9.08. The summed E-state index contributed by atoms with van der Waals surface area (Å²) < 4.78 is 0.817. The van der Waals surface area contributed by atoms with Crippen molar-refractivity contribution in [2.24, 2.45) is 0 Å². The van der Waals surface area contributed by atoms with Gasteiger partial charge in [0.15, 0.2) is 0 Å². The molecule has 0 radical (unpaired) electrons. The molecular formula is C23H19BrN2O2. The molecule has 28 heavy (non-hydrogen) atoms. The van der Waals surface area contributed by atoms with E-state index in [4.69, 9.17) is 0 Å². The lowest BCUT2D eigenvalue weighted by Crippen LogP contribution is -2.45. The van der Waals surface area contributed by atoms with Crippen molar-refractivity contribution in [1.29, 1.82) is 0 Å². The van der Waals surface area contributed by atoms with Crippen LogP contribution in [0.1, 0.15) is 21.5 Å². The predicted octanol–water partition coefficient (Wildman–Crippen LogP) is 4.97. The summed E-state index contributed by atoms with van der Waals surface area (Å²) in [7, 11) is 0. The highest BCUT2D eigenvalue weighted by atomic mass is 79.9. The summed E-state index contributed by atoms with van der Waals surface area (Å²) in [6.07, 6.45) is 0.490. The van der Waals surface area contributed by atoms with Crippen molar-refractivity contribution in [3.8, 4) is 0 Å². The highest BCUT2D eigenvalue weighted by molar-refractivity contribution is 9.10. The number of para-hydroxylation sites is 1. The van der Waals surface area contributed by atoms with Gasteiger partial charge in [-0.05, 0) is 64.3 Å². The molecule has 4 nitrogen and oxygen atoms in total. The molecule has 4 rings (SSSR count). The van der Waals surface area contributed by atoms with Crippen molar-refractivity contribution in [2.45, 2.75) is 19.4 Å². The van der Waals surface area contributed by atoms with Crippen molar-refractivity contribution in [2.75, 3.05) is 10.2 Å². The van der Waals surface area contributed by atoms with E-state index in [-0.39, 0.29) is 11.8 Å². The zero-order chi connectivity index (χ0) is 19.7. The number of aryl methyl sites for hydroxylation is 1. The number of fused-ring (bicyclic) bond motifs is 1. The first-order chi connectivity index (χ1) is 13.5. The van der Waals surface area contributed by atoms with Crippen LogP contribution in [0.15, 0.2) is 77.3 Å². The molecule has 0 saturated carbocycles. The van der Waals surface area contributed by atoms with Gasteiger partial charge in [0.25, 0.3) is 5.91 Å². The van der Waals surface area contributed by atoms with E-state index in [0.717, 1.165) is 21.3 Å². The van der Waals surface area contributed by atoms with Gasteiger partial charge in [-0.15, -0.1) is 0 Å². The number of hydrogen-bond acceptors (Lipinski definition) is 2. The Bertz CT molecular complexity index is 1050. The highest BCUT2D eigenvalue weighted by Gasteiger charge is 2.38. The minimum absolute atomic E-state index is 0.173. The summed E-state index contributed by atoms with van der Waals surface area (Å²) in [6.45, 7) is 1.99. The van der Waals surface area contributed by atoms with E-state index in [2.05, 4.69) is 21.2 Å². The molecule has 3 aromatic carbocycles. The van der Waals surface area contributed by atoms with Crippen LogP contribution in [0.4, 0.5) is 11.4 Å². The molecule has 0 aliphatic carbocycles. The lowest BCUT2D eigenvalue weighted by molar-refractivity contribution is -0.117. The molecule has 1 aliphatic heterocycles. The molecule has 5 heteroatoms. The predicted molar refractivity (Wildman–Crippen MR) is 115 cm³/mol. The molecule has 0 spiro atoms. The molecule has 0 unspecified atom stereocenters. The fourth-order valence-electron chi connectivity index (χ4n) is 3.50. The number of amides is 2. The largest absolute Gasteiger partial charge is 0.323 e. The lowest BCUT2D eigenvalue weighted by atomic mass is 10.1. The lowest BCUT2D eigenvalue weighted by Gasteiger charge is -2.25. The molecule has 2 amide bonds. The van der Waals surface area contributed by atoms with Crippen LogP contribution in [0.2, 0.25) is 0 Å². The van der Waals surface area contributed by atoms with E-state index >= 15 is 0 Å². The third-order valence-electron chi connectivity index (χ3n) is 4.90. The van der Waals surface area contributed by atoms with Crippen molar-refractivity contribution in [1.82, 2.24) is 0 Å². The first kappa shape index (κ1) is 18.4. The molecule has 1 aliphatic rings. The molecule has 140 valence electrons. The van der Waals surface area contributed by atoms with Gasteiger partial charge in [-0.2, -0.15) is 0 Å². The monoisotopic (exact) mass is 434 g/mol. The second kappa shape index (κ2) is 7.60. The van der Waals surface area contributed by atoms with E-state index in [1.54, 1.807) is 17.0 Å². The molecule has 1 atom stereocenters. The standard InChI is InChI=1S/C23H19BrN2O2/c1-15-11-12-19(18(24)13-15)25-22(27)21-14-17-9-5-6-10-20(17)26(21)23(28)16-7-3-2-4-8-16/h2-13,21H,14H2,1H3,(H,25,27)/t21-/m1/s1. The van der Waals surface area contributed by atoms with Crippen LogP contribution >= 0.6 is 15.9 Å². The maximum atomic E-state index is 13.2. The van der Waals surface area contributed by atoms with E-state index in [0.29, 0.717) is 17.7 Å². The number of benzene rings is 3. The normalized spacial score (nSPS) is 15.2.